The molecule has 0 bridgehead atoms. The van der Waals surface area contributed by atoms with Crippen molar-refractivity contribution in [3.8, 4) is 0 Å². The lowest BCUT2D eigenvalue weighted by molar-refractivity contribution is 0.0619. The second kappa shape index (κ2) is 5.70. The number of aromatic nitrogens is 2. The number of H-pyrrole nitrogens is 1. The van der Waals surface area contributed by atoms with E-state index >= 15 is 0 Å². The zero-order valence-electron chi connectivity index (χ0n) is 10.8. The summed E-state index contributed by atoms with van der Waals surface area (Å²) >= 11 is 0. The van der Waals surface area contributed by atoms with Crippen LogP contribution in [0, 0.1) is 0 Å². The van der Waals surface area contributed by atoms with Gasteiger partial charge in [0.2, 0.25) is 10.0 Å². The number of hydrogen-bond acceptors (Lipinski definition) is 4. The molecule has 0 spiro atoms. The van der Waals surface area contributed by atoms with E-state index in [1.165, 1.54) is 6.20 Å². The normalized spacial score (nSPS) is 20.5. The molecule has 1 aromatic heterocycles. The SMILES string of the molecule is CS(=O)(=O)NCC1CCCCN1C(=O)c1cn[nH]c1. The summed E-state index contributed by atoms with van der Waals surface area (Å²) in [5.41, 5.74) is 0.506. The number of hydrogen-bond donors (Lipinski definition) is 2. The molecule has 1 fully saturated rings. The Labute approximate surface area is 112 Å². The van der Waals surface area contributed by atoms with Crippen molar-refractivity contribution in [2.75, 3.05) is 19.3 Å². The molecule has 0 aromatic carbocycles. The fraction of sp³-hybridized carbons (Fsp3) is 0.636. The van der Waals surface area contributed by atoms with Crippen LogP contribution in [-0.2, 0) is 10.0 Å². The fourth-order valence-corrected chi connectivity index (χ4v) is 2.76. The van der Waals surface area contributed by atoms with Gasteiger partial charge in [-0.1, -0.05) is 0 Å². The highest BCUT2D eigenvalue weighted by Gasteiger charge is 2.28. The van der Waals surface area contributed by atoms with E-state index in [2.05, 4.69) is 14.9 Å². The molecule has 19 heavy (non-hydrogen) atoms. The zero-order chi connectivity index (χ0) is 13.9. The smallest absolute Gasteiger partial charge is 0.257 e. The van der Waals surface area contributed by atoms with Crippen molar-refractivity contribution in [2.45, 2.75) is 25.3 Å². The van der Waals surface area contributed by atoms with Gasteiger partial charge in [-0.15, -0.1) is 0 Å². The first-order chi connectivity index (χ1) is 8.97. The van der Waals surface area contributed by atoms with E-state index in [-0.39, 0.29) is 18.5 Å². The van der Waals surface area contributed by atoms with E-state index in [9.17, 15) is 13.2 Å². The highest BCUT2D eigenvalue weighted by Crippen LogP contribution is 2.19. The molecular formula is C11H18N4O3S. The van der Waals surface area contributed by atoms with E-state index in [1.54, 1.807) is 11.1 Å². The maximum absolute atomic E-state index is 12.3. The van der Waals surface area contributed by atoms with Gasteiger partial charge in [-0.3, -0.25) is 9.89 Å². The molecule has 1 aromatic rings. The standard InChI is InChI=1S/C11H18N4O3S/c1-19(17,18)14-8-10-4-2-3-5-15(10)11(16)9-6-12-13-7-9/h6-7,10,14H,2-5,8H2,1H3,(H,12,13). The van der Waals surface area contributed by atoms with Crippen LogP contribution in [0.3, 0.4) is 0 Å². The number of sulfonamides is 1. The van der Waals surface area contributed by atoms with Gasteiger partial charge >= 0.3 is 0 Å². The number of amides is 1. The van der Waals surface area contributed by atoms with Crippen LogP contribution in [0.2, 0.25) is 0 Å². The second-order valence-corrected chi connectivity index (χ2v) is 6.59. The third-order valence-electron chi connectivity index (χ3n) is 3.21. The van der Waals surface area contributed by atoms with E-state index in [4.69, 9.17) is 0 Å². The number of nitrogens with one attached hydrogen (secondary N) is 2. The predicted octanol–water partition coefficient (Wildman–Crippen LogP) is -0.0464. The van der Waals surface area contributed by atoms with E-state index < -0.39 is 10.0 Å². The fourth-order valence-electron chi connectivity index (χ4n) is 2.26. The summed E-state index contributed by atoms with van der Waals surface area (Å²) in [6.45, 7) is 0.919. The number of carbonyl (C=O) groups excluding carboxylic acids is 1. The highest BCUT2D eigenvalue weighted by atomic mass is 32.2. The third-order valence-corrected chi connectivity index (χ3v) is 3.91. The summed E-state index contributed by atoms with van der Waals surface area (Å²) < 4.78 is 24.8. The van der Waals surface area contributed by atoms with Crippen molar-refractivity contribution < 1.29 is 13.2 Å². The van der Waals surface area contributed by atoms with Crippen LogP contribution in [-0.4, -0.2) is 54.8 Å². The molecule has 1 saturated heterocycles. The van der Waals surface area contributed by atoms with Gasteiger partial charge < -0.3 is 4.90 Å². The van der Waals surface area contributed by atoms with Crippen LogP contribution in [0.4, 0.5) is 0 Å². The van der Waals surface area contributed by atoms with Crippen molar-refractivity contribution in [2.24, 2.45) is 0 Å². The van der Waals surface area contributed by atoms with Gasteiger partial charge in [0, 0.05) is 25.3 Å². The summed E-state index contributed by atoms with van der Waals surface area (Å²) in [5, 5.41) is 6.38. The molecule has 8 heteroatoms. The Bertz CT molecular complexity index is 526. The monoisotopic (exact) mass is 286 g/mol. The van der Waals surface area contributed by atoms with E-state index in [0.29, 0.717) is 12.1 Å². The molecule has 0 radical (unpaired) electrons. The summed E-state index contributed by atoms with van der Waals surface area (Å²) in [6, 6.07) is -0.0918. The van der Waals surface area contributed by atoms with Crippen LogP contribution in [0.15, 0.2) is 12.4 Å². The lowest BCUT2D eigenvalue weighted by Crippen LogP contribution is -2.49. The Kier molecular flexibility index (Phi) is 4.20. The number of carbonyl (C=O) groups is 1. The number of nitrogens with zero attached hydrogens (tertiary/aromatic N) is 2. The predicted molar refractivity (Wildman–Crippen MR) is 70.1 cm³/mol. The molecule has 1 amide bonds. The molecule has 2 heterocycles. The number of aromatic amines is 1. The Hall–Kier alpha value is -1.41. The van der Waals surface area contributed by atoms with Gasteiger partial charge in [-0.05, 0) is 19.3 Å². The van der Waals surface area contributed by atoms with Gasteiger partial charge in [0.15, 0.2) is 0 Å². The lowest BCUT2D eigenvalue weighted by atomic mass is 10.0. The summed E-state index contributed by atoms with van der Waals surface area (Å²) in [7, 11) is -3.23. The largest absolute Gasteiger partial charge is 0.334 e. The minimum absolute atomic E-state index is 0.0918. The number of piperidine rings is 1. The molecule has 106 valence electrons. The maximum Gasteiger partial charge on any atom is 0.257 e. The molecule has 0 aliphatic carbocycles. The average molecular weight is 286 g/mol. The van der Waals surface area contributed by atoms with Crippen molar-refractivity contribution in [1.29, 1.82) is 0 Å². The van der Waals surface area contributed by atoms with Crippen molar-refractivity contribution in [3.05, 3.63) is 18.0 Å². The summed E-state index contributed by atoms with van der Waals surface area (Å²) in [5.74, 6) is -0.103. The second-order valence-electron chi connectivity index (χ2n) is 4.76. The minimum atomic E-state index is -3.23. The van der Waals surface area contributed by atoms with Gasteiger partial charge in [-0.2, -0.15) is 5.10 Å². The molecular weight excluding hydrogens is 268 g/mol. The van der Waals surface area contributed by atoms with Crippen LogP contribution in [0.1, 0.15) is 29.6 Å². The Morgan fingerprint density at radius 3 is 3.00 bits per heavy atom. The molecule has 1 aliphatic rings. The lowest BCUT2D eigenvalue weighted by Gasteiger charge is -2.35. The van der Waals surface area contributed by atoms with E-state index in [0.717, 1.165) is 25.5 Å². The first kappa shape index (κ1) is 14.0. The molecule has 0 saturated carbocycles. The molecule has 1 atom stereocenters. The van der Waals surface area contributed by atoms with Gasteiger partial charge in [-0.25, -0.2) is 13.1 Å². The third kappa shape index (κ3) is 3.77. The first-order valence-corrected chi connectivity index (χ1v) is 8.11. The van der Waals surface area contributed by atoms with Crippen LogP contribution in [0.5, 0.6) is 0 Å². The molecule has 1 aliphatic heterocycles. The van der Waals surface area contributed by atoms with Gasteiger partial charge in [0.05, 0.1) is 18.0 Å². The Morgan fingerprint density at radius 1 is 1.58 bits per heavy atom. The highest BCUT2D eigenvalue weighted by molar-refractivity contribution is 7.88. The average Bonchev–Trinajstić information content (AvgIpc) is 2.89. The molecule has 2 N–H and O–H groups in total. The molecule has 2 rings (SSSR count). The van der Waals surface area contributed by atoms with Crippen molar-refractivity contribution in [1.82, 2.24) is 19.8 Å². The topological polar surface area (TPSA) is 95.2 Å². The zero-order valence-corrected chi connectivity index (χ0v) is 11.6. The van der Waals surface area contributed by atoms with Crippen LogP contribution < -0.4 is 4.72 Å². The van der Waals surface area contributed by atoms with Gasteiger partial charge in [0.25, 0.3) is 5.91 Å². The number of likely N-dealkylation sites (tertiary alicyclic amines) is 1. The van der Waals surface area contributed by atoms with Crippen molar-refractivity contribution >= 4 is 15.9 Å². The van der Waals surface area contributed by atoms with Crippen LogP contribution in [0.25, 0.3) is 0 Å². The quantitative estimate of drug-likeness (QED) is 0.811. The minimum Gasteiger partial charge on any atom is -0.334 e. The first-order valence-electron chi connectivity index (χ1n) is 6.22. The van der Waals surface area contributed by atoms with Crippen LogP contribution >= 0.6 is 0 Å². The summed E-state index contributed by atoms with van der Waals surface area (Å²) in [4.78, 5) is 14.0. The van der Waals surface area contributed by atoms with E-state index in [1.807, 2.05) is 0 Å². The summed E-state index contributed by atoms with van der Waals surface area (Å²) in [6.07, 6.45) is 6.92. The Balaban J connectivity index is 2.05. The van der Waals surface area contributed by atoms with Gasteiger partial charge in [0.1, 0.15) is 0 Å². The molecule has 7 nitrogen and oxygen atoms in total. The number of rotatable bonds is 4. The Morgan fingerprint density at radius 2 is 2.37 bits per heavy atom. The van der Waals surface area contributed by atoms with Crippen molar-refractivity contribution in [3.63, 3.8) is 0 Å². The maximum atomic E-state index is 12.3. The molecule has 1 unspecified atom stereocenters.